The first-order chi connectivity index (χ1) is 17.4. The average molecular weight is 488 g/mol. The molecule has 0 saturated heterocycles. The number of aryl methyl sites for hydroxylation is 2. The molecule has 5 rings (SSSR count). The summed E-state index contributed by atoms with van der Waals surface area (Å²) in [5, 5.41) is 0. The lowest BCUT2D eigenvalue weighted by molar-refractivity contribution is 0.558. The molecule has 37 heavy (non-hydrogen) atoms. The maximum absolute atomic E-state index is 2.55. The van der Waals surface area contributed by atoms with Crippen LogP contribution in [0, 0.1) is 13.8 Å². The van der Waals surface area contributed by atoms with Crippen molar-refractivity contribution in [1.82, 2.24) is 0 Å². The molecule has 0 saturated carbocycles. The van der Waals surface area contributed by atoms with Crippen molar-refractivity contribution in [2.75, 3.05) is 4.90 Å². The topological polar surface area (TPSA) is 3.24 Å². The van der Waals surface area contributed by atoms with Gasteiger partial charge in [0.1, 0.15) is 0 Å². The van der Waals surface area contributed by atoms with Gasteiger partial charge in [0.2, 0.25) is 0 Å². The molecule has 1 heteroatoms. The van der Waals surface area contributed by atoms with Crippen LogP contribution in [0.25, 0.3) is 22.3 Å². The van der Waals surface area contributed by atoms with Crippen LogP contribution < -0.4 is 4.90 Å². The van der Waals surface area contributed by atoms with Crippen LogP contribution in [-0.4, -0.2) is 5.54 Å². The predicted molar refractivity (Wildman–Crippen MR) is 161 cm³/mol. The second-order valence-corrected chi connectivity index (χ2v) is 12.6. The Morgan fingerprint density at radius 1 is 0.649 bits per heavy atom. The van der Waals surface area contributed by atoms with Crippen LogP contribution in [0.15, 0.2) is 78.9 Å². The van der Waals surface area contributed by atoms with Crippen molar-refractivity contribution in [1.29, 1.82) is 0 Å². The van der Waals surface area contributed by atoms with E-state index in [2.05, 4.69) is 146 Å². The van der Waals surface area contributed by atoms with Crippen LogP contribution in [0.1, 0.15) is 82.2 Å². The Kier molecular flexibility index (Phi) is 6.10. The molecular formula is C36H41N. The van der Waals surface area contributed by atoms with Crippen LogP contribution in [0.5, 0.6) is 0 Å². The van der Waals surface area contributed by atoms with E-state index in [0.717, 1.165) is 0 Å². The molecule has 4 aromatic rings. The zero-order valence-corrected chi connectivity index (χ0v) is 24.0. The summed E-state index contributed by atoms with van der Waals surface area (Å²) in [6, 6.07) is 29.6. The Morgan fingerprint density at radius 3 is 1.95 bits per heavy atom. The van der Waals surface area contributed by atoms with E-state index in [1.54, 1.807) is 0 Å². The highest BCUT2D eigenvalue weighted by Crippen LogP contribution is 2.52. The van der Waals surface area contributed by atoms with Crippen molar-refractivity contribution >= 4 is 11.4 Å². The minimum absolute atomic E-state index is 0.00540. The first kappa shape index (κ1) is 25.3. The molecule has 0 fully saturated rings. The number of fused-ring (bicyclic) bond motifs is 3. The highest BCUT2D eigenvalue weighted by Gasteiger charge is 2.37. The van der Waals surface area contributed by atoms with Crippen LogP contribution >= 0.6 is 0 Å². The van der Waals surface area contributed by atoms with Crippen molar-refractivity contribution in [2.24, 2.45) is 0 Å². The minimum atomic E-state index is -0.0997. The summed E-state index contributed by atoms with van der Waals surface area (Å²) >= 11 is 0. The number of rotatable bonds is 4. The van der Waals surface area contributed by atoms with Crippen molar-refractivity contribution in [2.45, 2.75) is 79.2 Å². The van der Waals surface area contributed by atoms with E-state index in [1.807, 2.05) is 0 Å². The third kappa shape index (κ3) is 4.29. The van der Waals surface area contributed by atoms with Crippen LogP contribution in [0.4, 0.5) is 11.4 Å². The number of anilines is 2. The summed E-state index contributed by atoms with van der Waals surface area (Å²) in [4.78, 5) is 2.55. The van der Waals surface area contributed by atoms with Gasteiger partial charge < -0.3 is 4.90 Å². The van der Waals surface area contributed by atoms with Gasteiger partial charge in [0, 0.05) is 22.3 Å². The molecule has 0 heterocycles. The lowest BCUT2D eigenvalue weighted by Crippen LogP contribution is -2.38. The zero-order valence-electron chi connectivity index (χ0n) is 24.0. The summed E-state index contributed by atoms with van der Waals surface area (Å²) in [6.45, 7) is 20.8. The van der Waals surface area contributed by atoms with E-state index in [0.29, 0.717) is 5.92 Å². The van der Waals surface area contributed by atoms with Gasteiger partial charge in [-0.25, -0.2) is 0 Å². The second-order valence-electron chi connectivity index (χ2n) is 12.6. The van der Waals surface area contributed by atoms with Crippen molar-refractivity contribution in [3.05, 3.63) is 107 Å². The first-order valence-corrected chi connectivity index (χ1v) is 13.7. The lowest BCUT2D eigenvalue weighted by Gasteiger charge is -2.40. The van der Waals surface area contributed by atoms with Gasteiger partial charge in [0.25, 0.3) is 0 Å². The van der Waals surface area contributed by atoms with Crippen molar-refractivity contribution in [3.8, 4) is 22.3 Å². The molecule has 0 bridgehead atoms. The Morgan fingerprint density at radius 2 is 1.30 bits per heavy atom. The molecule has 0 aliphatic heterocycles. The molecule has 0 amide bonds. The highest BCUT2D eigenvalue weighted by molar-refractivity contribution is 5.87. The van der Waals surface area contributed by atoms with E-state index >= 15 is 0 Å². The fourth-order valence-electron chi connectivity index (χ4n) is 6.01. The molecule has 0 radical (unpaired) electrons. The SMILES string of the molecule is Cc1ccc(-c2ccccc2)cc1N(c1cc2c(cc1C)C(C)(C)c1cc(C(C)C)ccc1-2)C(C)(C)C. The Hall–Kier alpha value is -3.32. The highest BCUT2D eigenvalue weighted by atomic mass is 15.2. The number of hydrogen-bond acceptors (Lipinski definition) is 1. The molecule has 0 N–H and O–H groups in total. The van der Waals surface area contributed by atoms with Crippen LogP contribution in [-0.2, 0) is 5.41 Å². The normalized spacial score (nSPS) is 14.0. The Balaban J connectivity index is 1.71. The van der Waals surface area contributed by atoms with Crippen molar-refractivity contribution in [3.63, 3.8) is 0 Å². The second kappa shape index (κ2) is 8.91. The van der Waals surface area contributed by atoms with E-state index < -0.39 is 0 Å². The van der Waals surface area contributed by atoms with Crippen molar-refractivity contribution < 1.29 is 0 Å². The molecule has 4 aromatic carbocycles. The molecular weight excluding hydrogens is 446 g/mol. The predicted octanol–water partition coefficient (Wildman–Crippen LogP) is 10.3. The Labute approximate surface area is 224 Å². The number of nitrogens with zero attached hydrogens (tertiary/aromatic N) is 1. The maximum atomic E-state index is 2.55. The summed E-state index contributed by atoms with van der Waals surface area (Å²) in [7, 11) is 0. The number of benzene rings is 4. The first-order valence-electron chi connectivity index (χ1n) is 13.7. The van der Waals surface area contributed by atoms with Gasteiger partial charge in [0.15, 0.2) is 0 Å². The molecule has 1 aliphatic rings. The molecule has 0 spiro atoms. The van der Waals surface area contributed by atoms with Gasteiger partial charge in [-0.05, 0) is 103 Å². The summed E-state index contributed by atoms with van der Waals surface area (Å²) in [5.74, 6) is 0.526. The fourth-order valence-corrected chi connectivity index (χ4v) is 6.01. The van der Waals surface area contributed by atoms with Gasteiger partial charge in [-0.2, -0.15) is 0 Å². The molecule has 0 unspecified atom stereocenters. The smallest absolute Gasteiger partial charge is 0.0451 e. The van der Waals surface area contributed by atoms with E-state index in [9.17, 15) is 0 Å². The molecule has 190 valence electrons. The average Bonchev–Trinajstić information content (AvgIpc) is 3.06. The largest absolute Gasteiger partial charge is 0.336 e. The fraction of sp³-hybridized carbons (Fsp3) is 0.333. The van der Waals surface area contributed by atoms with E-state index in [1.165, 1.54) is 61.4 Å². The van der Waals surface area contributed by atoms with E-state index in [4.69, 9.17) is 0 Å². The quantitative estimate of drug-likeness (QED) is 0.277. The summed E-state index contributed by atoms with van der Waals surface area (Å²) in [5.41, 5.74) is 14.6. The third-order valence-electron chi connectivity index (χ3n) is 8.15. The van der Waals surface area contributed by atoms with Crippen LogP contribution in [0.3, 0.4) is 0 Å². The summed E-state index contributed by atoms with van der Waals surface area (Å²) in [6.07, 6.45) is 0. The van der Waals surface area contributed by atoms with Gasteiger partial charge in [0.05, 0.1) is 0 Å². The third-order valence-corrected chi connectivity index (χ3v) is 8.15. The molecule has 0 atom stereocenters. The van der Waals surface area contributed by atoms with Gasteiger partial charge in [-0.1, -0.05) is 94.4 Å². The lowest BCUT2D eigenvalue weighted by atomic mass is 9.80. The number of hydrogen-bond donors (Lipinski definition) is 0. The van der Waals surface area contributed by atoms with Gasteiger partial charge in [-0.3, -0.25) is 0 Å². The standard InChI is InChI=1S/C36H41N/c1-23(2)27-17-18-29-30-22-34(25(4)19-31(30)36(8,9)32(29)20-27)37(35(5,6)7)33-21-28(16-15-24(33)3)26-13-11-10-12-14-26/h10-23H,1-9H3. The van der Waals surface area contributed by atoms with E-state index in [-0.39, 0.29) is 11.0 Å². The van der Waals surface area contributed by atoms with Crippen LogP contribution in [0.2, 0.25) is 0 Å². The summed E-state index contributed by atoms with van der Waals surface area (Å²) < 4.78 is 0. The molecule has 1 aliphatic carbocycles. The molecule has 0 aromatic heterocycles. The van der Waals surface area contributed by atoms with Gasteiger partial charge >= 0.3 is 0 Å². The Bertz CT molecular complexity index is 1470. The molecule has 1 nitrogen and oxygen atoms in total. The van der Waals surface area contributed by atoms with Gasteiger partial charge in [-0.15, -0.1) is 0 Å². The monoisotopic (exact) mass is 487 g/mol. The zero-order chi connectivity index (χ0) is 26.7. The minimum Gasteiger partial charge on any atom is -0.336 e. The maximum Gasteiger partial charge on any atom is 0.0451 e.